The number of nitrogens with zero attached hydrogens (tertiary/aromatic N) is 3. The molecule has 1 atom stereocenters. The molecule has 2 aromatic rings. The molecule has 0 unspecified atom stereocenters. The van der Waals surface area contributed by atoms with Crippen LogP contribution in [-0.4, -0.2) is 21.6 Å². The maximum Gasteiger partial charge on any atom is 0.230 e. The number of aryl methyl sites for hydroxylation is 1. The molecular weight excluding hydrogens is 318 g/mol. The number of halogens is 1. The van der Waals surface area contributed by atoms with Crippen LogP contribution in [0.25, 0.3) is 0 Å². The zero-order valence-electron chi connectivity index (χ0n) is 12.1. The van der Waals surface area contributed by atoms with Crippen molar-refractivity contribution in [3.05, 3.63) is 46.1 Å². The van der Waals surface area contributed by atoms with E-state index in [-0.39, 0.29) is 6.04 Å². The fraction of sp³-hybridized carbons (Fsp3) is 0.467. The van der Waals surface area contributed by atoms with E-state index in [1.165, 1.54) is 5.56 Å². The summed E-state index contributed by atoms with van der Waals surface area (Å²) in [4.78, 5) is 2.35. The third kappa shape index (κ3) is 3.67. The van der Waals surface area contributed by atoms with Gasteiger partial charge >= 0.3 is 0 Å². The summed E-state index contributed by atoms with van der Waals surface area (Å²) in [5, 5.41) is 7.99. The van der Waals surface area contributed by atoms with Crippen LogP contribution in [0, 0.1) is 6.92 Å². The highest BCUT2D eigenvalue weighted by molar-refractivity contribution is 9.10. The van der Waals surface area contributed by atoms with E-state index in [4.69, 9.17) is 4.42 Å². The summed E-state index contributed by atoms with van der Waals surface area (Å²) in [6.45, 7) is 7.87. The van der Waals surface area contributed by atoms with Crippen LogP contribution in [0.2, 0.25) is 0 Å². The van der Waals surface area contributed by atoms with Gasteiger partial charge in [-0.3, -0.25) is 4.90 Å². The van der Waals surface area contributed by atoms with Crippen molar-refractivity contribution in [1.29, 1.82) is 0 Å². The molecule has 0 bridgehead atoms. The minimum Gasteiger partial charge on any atom is -0.424 e. The summed E-state index contributed by atoms with van der Waals surface area (Å²) in [5.74, 6) is 1.29. The normalized spacial score (nSPS) is 12.8. The zero-order chi connectivity index (χ0) is 14.5. The first kappa shape index (κ1) is 15.2. The number of hydrogen-bond donors (Lipinski definition) is 0. The molecule has 0 fully saturated rings. The zero-order valence-corrected chi connectivity index (χ0v) is 13.7. The second-order valence-electron chi connectivity index (χ2n) is 4.88. The van der Waals surface area contributed by atoms with Gasteiger partial charge in [0.1, 0.15) is 0 Å². The van der Waals surface area contributed by atoms with Gasteiger partial charge in [0.05, 0.1) is 6.54 Å². The molecule has 2 rings (SSSR count). The molecule has 0 saturated carbocycles. The van der Waals surface area contributed by atoms with Gasteiger partial charge in [-0.2, -0.15) is 0 Å². The minimum absolute atomic E-state index is 0.290. The van der Waals surface area contributed by atoms with Crippen LogP contribution in [0.1, 0.15) is 43.7 Å². The van der Waals surface area contributed by atoms with Gasteiger partial charge in [0, 0.05) is 17.4 Å². The molecule has 0 saturated heterocycles. The van der Waals surface area contributed by atoms with E-state index in [1.54, 1.807) is 0 Å². The van der Waals surface area contributed by atoms with Gasteiger partial charge in [-0.25, -0.2) is 0 Å². The van der Waals surface area contributed by atoms with Crippen LogP contribution in [0.3, 0.4) is 0 Å². The topological polar surface area (TPSA) is 42.2 Å². The van der Waals surface area contributed by atoms with Crippen molar-refractivity contribution in [2.24, 2.45) is 0 Å². The van der Waals surface area contributed by atoms with Gasteiger partial charge in [-0.15, -0.1) is 10.2 Å². The first-order chi connectivity index (χ1) is 9.61. The van der Waals surface area contributed by atoms with Crippen LogP contribution >= 0.6 is 15.9 Å². The van der Waals surface area contributed by atoms with Crippen molar-refractivity contribution >= 4 is 15.9 Å². The summed E-state index contributed by atoms with van der Waals surface area (Å²) in [5.41, 5.74) is 1.28. The molecule has 0 N–H and O–H groups in total. The van der Waals surface area contributed by atoms with Gasteiger partial charge in [0.25, 0.3) is 0 Å². The van der Waals surface area contributed by atoms with Crippen molar-refractivity contribution < 1.29 is 4.42 Å². The van der Waals surface area contributed by atoms with E-state index >= 15 is 0 Å². The van der Waals surface area contributed by atoms with E-state index in [1.807, 2.05) is 13.0 Å². The molecule has 1 aromatic heterocycles. The SMILES string of the molecule is CCCN(Cc1nnc(C)o1)[C@H](C)c1ccccc1Br. The largest absolute Gasteiger partial charge is 0.424 e. The maximum atomic E-state index is 5.50. The molecule has 20 heavy (non-hydrogen) atoms. The van der Waals surface area contributed by atoms with Gasteiger partial charge < -0.3 is 4.42 Å². The van der Waals surface area contributed by atoms with Crippen molar-refractivity contribution in [3.8, 4) is 0 Å². The highest BCUT2D eigenvalue weighted by atomic mass is 79.9. The van der Waals surface area contributed by atoms with Crippen LogP contribution in [0.5, 0.6) is 0 Å². The van der Waals surface area contributed by atoms with Crippen molar-refractivity contribution in [2.75, 3.05) is 6.54 Å². The molecule has 0 aliphatic carbocycles. The molecule has 0 aliphatic heterocycles. The number of rotatable bonds is 6. The van der Waals surface area contributed by atoms with Crippen LogP contribution in [-0.2, 0) is 6.54 Å². The van der Waals surface area contributed by atoms with Gasteiger partial charge in [0.15, 0.2) is 0 Å². The molecule has 0 amide bonds. The Labute approximate surface area is 128 Å². The maximum absolute atomic E-state index is 5.50. The lowest BCUT2D eigenvalue weighted by Gasteiger charge is -2.28. The first-order valence-electron chi connectivity index (χ1n) is 6.89. The van der Waals surface area contributed by atoms with Crippen molar-refractivity contribution in [1.82, 2.24) is 15.1 Å². The second kappa shape index (κ2) is 6.99. The summed E-state index contributed by atoms with van der Waals surface area (Å²) < 4.78 is 6.64. The Hall–Kier alpha value is -1.20. The molecular formula is C15H20BrN3O. The quantitative estimate of drug-likeness (QED) is 0.795. The smallest absolute Gasteiger partial charge is 0.230 e. The Balaban J connectivity index is 2.17. The van der Waals surface area contributed by atoms with E-state index in [2.05, 4.69) is 63.1 Å². The number of hydrogen-bond acceptors (Lipinski definition) is 4. The van der Waals surface area contributed by atoms with Crippen molar-refractivity contribution in [3.63, 3.8) is 0 Å². The molecule has 1 aromatic carbocycles. The standard InChI is InChI=1S/C15H20BrN3O/c1-4-9-19(10-15-18-17-12(3)20-15)11(2)13-7-5-6-8-14(13)16/h5-8,11H,4,9-10H2,1-3H3/t11-/m1/s1. The van der Waals surface area contributed by atoms with Crippen LogP contribution in [0.4, 0.5) is 0 Å². The monoisotopic (exact) mass is 337 g/mol. The highest BCUT2D eigenvalue weighted by Gasteiger charge is 2.19. The number of aromatic nitrogens is 2. The van der Waals surface area contributed by atoms with E-state index in [0.29, 0.717) is 18.3 Å². The van der Waals surface area contributed by atoms with Gasteiger partial charge in [-0.1, -0.05) is 41.1 Å². The fourth-order valence-corrected chi connectivity index (χ4v) is 2.90. The Kier molecular flexibility index (Phi) is 5.31. The molecule has 1 heterocycles. The fourth-order valence-electron chi connectivity index (χ4n) is 2.28. The average molecular weight is 338 g/mol. The van der Waals surface area contributed by atoms with Crippen LogP contribution in [0.15, 0.2) is 33.2 Å². The number of benzene rings is 1. The lowest BCUT2D eigenvalue weighted by molar-refractivity contribution is 0.181. The molecule has 0 aliphatic rings. The van der Waals surface area contributed by atoms with E-state index < -0.39 is 0 Å². The molecule has 0 spiro atoms. The second-order valence-corrected chi connectivity index (χ2v) is 5.74. The predicted molar refractivity (Wildman–Crippen MR) is 82.3 cm³/mol. The van der Waals surface area contributed by atoms with Crippen LogP contribution < -0.4 is 0 Å². The minimum atomic E-state index is 0.290. The first-order valence-corrected chi connectivity index (χ1v) is 7.68. The van der Waals surface area contributed by atoms with E-state index in [9.17, 15) is 0 Å². The van der Waals surface area contributed by atoms with Crippen molar-refractivity contribution in [2.45, 2.75) is 39.8 Å². The Bertz CT molecular complexity index is 556. The third-order valence-electron chi connectivity index (χ3n) is 3.32. The Morgan fingerprint density at radius 3 is 2.65 bits per heavy atom. The third-order valence-corrected chi connectivity index (χ3v) is 4.04. The molecule has 0 radical (unpaired) electrons. The highest BCUT2D eigenvalue weighted by Crippen LogP contribution is 2.28. The molecule has 5 heteroatoms. The lowest BCUT2D eigenvalue weighted by Crippen LogP contribution is -2.28. The molecule has 108 valence electrons. The summed E-state index contributed by atoms with van der Waals surface area (Å²) >= 11 is 3.63. The summed E-state index contributed by atoms with van der Waals surface area (Å²) in [6.07, 6.45) is 1.09. The predicted octanol–water partition coefficient (Wildman–Crippen LogP) is 4.11. The Morgan fingerprint density at radius 2 is 2.05 bits per heavy atom. The summed E-state index contributed by atoms with van der Waals surface area (Å²) in [7, 11) is 0. The average Bonchev–Trinajstić information content (AvgIpc) is 2.83. The Morgan fingerprint density at radius 1 is 1.30 bits per heavy atom. The van der Waals surface area contributed by atoms with E-state index in [0.717, 1.165) is 17.4 Å². The molecule has 4 nitrogen and oxygen atoms in total. The van der Waals surface area contributed by atoms with Gasteiger partial charge in [0.2, 0.25) is 11.8 Å². The lowest BCUT2D eigenvalue weighted by atomic mass is 10.1. The van der Waals surface area contributed by atoms with Gasteiger partial charge in [-0.05, 0) is 31.5 Å². The summed E-state index contributed by atoms with van der Waals surface area (Å²) in [6, 6.07) is 8.62.